The van der Waals surface area contributed by atoms with E-state index in [-0.39, 0.29) is 0 Å². The van der Waals surface area contributed by atoms with Crippen molar-refractivity contribution in [3.63, 3.8) is 0 Å². The molecule has 4 nitrogen and oxygen atoms in total. The van der Waals surface area contributed by atoms with Gasteiger partial charge in [0.05, 0.1) is 0 Å². The van der Waals surface area contributed by atoms with Crippen molar-refractivity contribution in [3.05, 3.63) is 36.4 Å². The van der Waals surface area contributed by atoms with Crippen LogP contribution in [0.5, 0.6) is 0 Å². The maximum absolute atomic E-state index is 4.59. The fourth-order valence-corrected chi connectivity index (χ4v) is 1.90. The highest BCUT2D eigenvalue weighted by Gasteiger charge is 2.08. The second kappa shape index (κ2) is 6.37. The first-order valence-corrected chi connectivity index (χ1v) is 7.02. The number of benzene rings is 1. The monoisotopic (exact) mass is 270 g/mol. The standard InChI is InChI=1S/C16H22N4/c1-11(2)17-14-10-15(18-12(3)4)20-16(19-14)13-8-6-5-7-9-13/h5-12H,1-4H3,(H2,17,18,19,20). The second-order valence-corrected chi connectivity index (χ2v) is 5.43. The Morgan fingerprint density at radius 2 is 1.30 bits per heavy atom. The van der Waals surface area contributed by atoms with E-state index in [4.69, 9.17) is 0 Å². The molecule has 0 saturated carbocycles. The van der Waals surface area contributed by atoms with E-state index >= 15 is 0 Å². The van der Waals surface area contributed by atoms with Gasteiger partial charge in [0.2, 0.25) is 0 Å². The molecule has 1 aromatic heterocycles. The summed E-state index contributed by atoms with van der Waals surface area (Å²) in [5, 5.41) is 6.67. The molecule has 4 heteroatoms. The number of anilines is 2. The van der Waals surface area contributed by atoms with Crippen LogP contribution in [0.15, 0.2) is 36.4 Å². The number of aromatic nitrogens is 2. The van der Waals surface area contributed by atoms with E-state index in [1.807, 2.05) is 36.4 Å². The van der Waals surface area contributed by atoms with Gasteiger partial charge in [-0.25, -0.2) is 9.97 Å². The van der Waals surface area contributed by atoms with Crippen molar-refractivity contribution in [1.29, 1.82) is 0 Å². The molecule has 0 aliphatic rings. The average molecular weight is 270 g/mol. The Morgan fingerprint density at radius 3 is 1.75 bits per heavy atom. The molecule has 0 radical (unpaired) electrons. The molecule has 2 rings (SSSR count). The van der Waals surface area contributed by atoms with E-state index in [2.05, 4.69) is 48.3 Å². The zero-order valence-electron chi connectivity index (χ0n) is 12.5. The molecular weight excluding hydrogens is 248 g/mol. The van der Waals surface area contributed by atoms with E-state index in [0.717, 1.165) is 23.0 Å². The summed E-state index contributed by atoms with van der Waals surface area (Å²) in [6, 6.07) is 12.6. The van der Waals surface area contributed by atoms with Crippen LogP contribution < -0.4 is 10.6 Å². The quantitative estimate of drug-likeness (QED) is 0.868. The van der Waals surface area contributed by atoms with Crippen LogP contribution in [0.1, 0.15) is 27.7 Å². The van der Waals surface area contributed by atoms with Gasteiger partial charge in [-0.2, -0.15) is 0 Å². The van der Waals surface area contributed by atoms with Crippen molar-refractivity contribution < 1.29 is 0 Å². The molecule has 0 atom stereocenters. The lowest BCUT2D eigenvalue weighted by Gasteiger charge is -2.14. The van der Waals surface area contributed by atoms with Crippen LogP contribution in [0.3, 0.4) is 0 Å². The van der Waals surface area contributed by atoms with Crippen LogP contribution in [0, 0.1) is 0 Å². The minimum atomic E-state index is 0.334. The third kappa shape index (κ3) is 3.95. The van der Waals surface area contributed by atoms with Crippen LogP contribution in [-0.2, 0) is 0 Å². The third-order valence-corrected chi connectivity index (χ3v) is 2.63. The number of nitrogens with one attached hydrogen (secondary N) is 2. The molecule has 0 amide bonds. The summed E-state index contributed by atoms with van der Waals surface area (Å²) in [4.78, 5) is 9.18. The van der Waals surface area contributed by atoms with Crippen molar-refractivity contribution in [2.24, 2.45) is 0 Å². The van der Waals surface area contributed by atoms with E-state index < -0.39 is 0 Å². The minimum Gasteiger partial charge on any atom is -0.368 e. The predicted octanol–water partition coefficient (Wildman–Crippen LogP) is 3.78. The molecule has 2 N–H and O–H groups in total. The van der Waals surface area contributed by atoms with Crippen LogP contribution in [0.25, 0.3) is 11.4 Å². The Bertz CT molecular complexity index is 521. The first-order valence-electron chi connectivity index (χ1n) is 7.02. The number of nitrogens with zero attached hydrogens (tertiary/aromatic N) is 2. The summed E-state index contributed by atoms with van der Waals surface area (Å²) in [5.74, 6) is 2.42. The van der Waals surface area contributed by atoms with Gasteiger partial charge in [0.1, 0.15) is 11.6 Å². The Hall–Kier alpha value is -2.10. The van der Waals surface area contributed by atoms with Gasteiger partial charge in [-0.3, -0.25) is 0 Å². The first-order chi connectivity index (χ1) is 9.54. The summed E-state index contributed by atoms with van der Waals surface area (Å²) in [5.41, 5.74) is 1.02. The molecule has 1 aromatic carbocycles. The number of hydrogen-bond acceptors (Lipinski definition) is 4. The summed E-state index contributed by atoms with van der Waals surface area (Å²) in [6.07, 6.45) is 0. The molecule has 0 aliphatic carbocycles. The van der Waals surface area contributed by atoms with Gasteiger partial charge < -0.3 is 10.6 Å². The van der Waals surface area contributed by atoms with E-state index in [9.17, 15) is 0 Å². The Morgan fingerprint density at radius 1 is 0.800 bits per heavy atom. The predicted molar refractivity (Wildman–Crippen MR) is 85.0 cm³/mol. The molecule has 0 saturated heterocycles. The molecule has 0 spiro atoms. The molecule has 0 aliphatic heterocycles. The molecule has 1 heterocycles. The highest BCUT2D eigenvalue weighted by atomic mass is 15.1. The van der Waals surface area contributed by atoms with Crippen LogP contribution >= 0.6 is 0 Å². The zero-order chi connectivity index (χ0) is 14.5. The lowest BCUT2D eigenvalue weighted by atomic mass is 10.2. The SMILES string of the molecule is CC(C)Nc1cc(NC(C)C)nc(-c2ccccc2)n1. The van der Waals surface area contributed by atoms with Crippen molar-refractivity contribution in [1.82, 2.24) is 9.97 Å². The largest absolute Gasteiger partial charge is 0.368 e. The second-order valence-electron chi connectivity index (χ2n) is 5.43. The highest BCUT2D eigenvalue weighted by molar-refractivity contribution is 5.61. The lowest BCUT2D eigenvalue weighted by molar-refractivity contribution is 0.874. The smallest absolute Gasteiger partial charge is 0.163 e. The number of hydrogen-bond donors (Lipinski definition) is 2. The van der Waals surface area contributed by atoms with Gasteiger partial charge in [-0.1, -0.05) is 30.3 Å². The molecule has 0 unspecified atom stereocenters. The van der Waals surface area contributed by atoms with Gasteiger partial charge in [0.25, 0.3) is 0 Å². The highest BCUT2D eigenvalue weighted by Crippen LogP contribution is 2.20. The van der Waals surface area contributed by atoms with Gasteiger partial charge in [0, 0.05) is 23.7 Å². The van der Waals surface area contributed by atoms with Crippen LogP contribution in [0.4, 0.5) is 11.6 Å². The van der Waals surface area contributed by atoms with Crippen molar-refractivity contribution in [3.8, 4) is 11.4 Å². The minimum absolute atomic E-state index is 0.334. The number of rotatable bonds is 5. The van der Waals surface area contributed by atoms with Crippen molar-refractivity contribution >= 4 is 11.6 Å². The third-order valence-electron chi connectivity index (χ3n) is 2.63. The van der Waals surface area contributed by atoms with E-state index in [1.165, 1.54) is 0 Å². The lowest BCUT2D eigenvalue weighted by Crippen LogP contribution is -2.15. The fraction of sp³-hybridized carbons (Fsp3) is 0.375. The first kappa shape index (κ1) is 14.3. The van der Waals surface area contributed by atoms with Gasteiger partial charge in [0.15, 0.2) is 5.82 Å². The van der Waals surface area contributed by atoms with Crippen LogP contribution in [0.2, 0.25) is 0 Å². The Kier molecular flexibility index (Phi) is 4.56. The molecule has 2 aromatic rings. The molecule has 0 bridgehead atoms. The molecule has 20 heavy (non-hydrogen) atoms. The van der Waals surface area contributed by atoms with E-state index in [0.29, 0.717) is 12.1 Å². The summed E-state index contributed by atoms with van der Waals surface area (Å²) in [7, 11) is 0. The van der Waals surface area contributed by atoms with Crippen molar-refractivity contribution in [2.45, 2.75) is 39.8 Å². The summed E-state index contributed by atoms with van der Waals surface area (Å²) < 4.78 is 0. The summed E-state index contributed by atoms with van der Waals surface area (Å²) >= 11 is 0. The molecule has 106 valence electrons. The molecule has 0 fully saturated rings. The fourth-order valence-electron chi connectivity index (χ4n) is 1.90. The van der Waals surface area contributed by atoms with Gasteiger partial charge in [-0.05, 0) is 27.7 Å². The topological polar surface area (TPSA) is 49.8 Å². The molecular formula is C16H22N4. The normalized spacial score (nSPS) is 10.9. The average Bonchev–Trinajstić information content (AvgIpc) is 2.38. The maximum Gasteiger partial charge on any atom is 0.163 e. The van der Waals surface area contributed by atoms with Gasteiger partial charge in [-0.15, -0.1) is 0 Å². The Balaban J connectivity index is 2.39. The van der Waals surface area contributed by atoms with Crippen molar-refractivity contribution in [2.75, 3.05) is 10.6 Å². The maximum atomic E-state index is 4.59. The Labute approximate surface area is 120 Å². The van der Waals surface area contributed by atoms with E-state index in [1.54, 1.807) is 0 Å². The van der Waals surface area contributed by atoms with Crippen LogP contribution in [-0.4, -0.2) is 22.1 Å². The van der Waals surface area contributed by atoms with Gasteiger partial charge >= 0.3 is 0 Å². The summed E-state index contributed by atoms with van der Waals surface area (Å²) in [6.45, 7) is 8.39. The zero-order valence-corrected chi connectivity index (χ0v) is 12.5.